The lowest BCUT2D eigenvalue weighted by molar-refractivity contribution is -0.124. The van der Waals surface area contributed by atoms with Gasteiger partial charge in [-0.1, -0.05) is 6.92 Å². The van der Waals surface area contributed by atoms with E-state index in [9.17, 15) is 4.79 Å². The highest BCUT2D eigenvalue weighted by Crippen LogP contribution is 2.17. The summed E-state index contributed by atoms with van der Waals surface area (Å²) in [6.45, 7) is 12.8. The molecule has 0 saturated heterocycles. The molecule has 0 aliphatic carbocycles. The Kier molecular flexibility index (Phi) is 6.86. The fraction of sp³-hybridized carbons (Fsp3) is 0.929. The molecule has 0 spiro atoms. The van der Waals surface area contributed by atoms with Gasteiger partial charge in [0.05, 0.1) is 11.1 Å². The number of hydrogen-bond acceptors (Lipinski definition) is 3. The highest BCUT2D eigenvalue weighted by molar-refractivity contribution is 5.84. The zero-order valence-electron chi connectivity index (χ0n) is 12.8. The lowest BCUT2D eigenvalue weighted by Crippen LogP contribution is -2.55. The predicted octanol–water partition coefficient (Wildman–Crippen LogP) is 2.21. The maximum atomic E-state index is 11.5. The average molecular weight is 258 g/mol. The largest absolute Gasteiger partial charge is 0.376 e. The highest BCUT2D eigenvalue weighted by Gasteiger charge is 2.30. The first kappa shape index (κ1) is 17.4. The summed E-state index contributed by atoms with van der Waals surface area (Å²) in [5.74, 6) is -0.300. The first-order valence-electron chi connectivity index (χ1n) is 6.84. The summed E-state index contributed by atoms with van der Waals surface area (Å²) in [6.07, 6.45) is 2.49. The molecule has 0 fully saturated rings. The van der Waals surface area contributed by atoms with Crippen LogP contribution in [0, 0.1) is 0 Å². The molecule has 0 saturated carbocycles. The Labute approximate surface area is 112 Å². The van der Waals surface area contributed by atoms with Gasteiger partial charge in [-0.25, -0.2) is 0 Å². The third kappa shape index (κ3) is 6.36. The zero-order chi connectivity index (χ0) is 14.4. The SMILES string of the molecule is CCC(C)(C)OCCCC(C)(NC(C)C)C(N)=O. The first-order valence-corrected chi connectivity index (χ1v) is 6.84. The molecule has 0 aromatic heterocycles. The van der Waals surface area contributed by atoms with E-state index in [0.717, 1.165) is 12.8 Å². The van der Waals surface area contributed by atoms with Crippen molar-refractivity contribution >= 4 is 5.91 Å². The Morgan fingerprint density at radius 1 is 1.33 bits per heavy atom. The number of rotatable bonds is 9. The molecule has 4 heteroatoms. The third-order valence-electron chi connectivity index (χ3n) is 3.32. The number of nitrogens with two attached hydrogens (primary N) is 1. The topological polar surface area (TPSA) is 64.3 Å². The van der Waals surface area contributed by atoms with E-state index < -0.39 is 5.54 Å². The van der Waals surface area contributed by atoms with E-state index in [2.05, 4.69) is 26.1 Å². The molecule has 1 unspecified atom stereocenters. The molecule has 0 bridgehead atoms. The second kappa shape index (κ2) is 7.10. The third-order valence-corrected chi connectivity index (χ3v) is 3.32. The van der Waals surface area contributed by atoms with Crippen LogP contribution in [-0.4, -0.2) is 29.7 Å². The Balaban J connectivity index is 4.18. The maximum Gasteiger partial charge on any atom is 0.237 e. The molecule has 108 valence electrons. The Hall–Kier alpha value is -0.610. The van der Waals surface area contributed by atoms with Gasteiger partial charge >= 0.3 is 0 Å². The second-order valence-corrected chi connectivity index (χ2v) is 6.06. The van der Waals surface area contributed by atoms with E-state index in [1.165, 1.54) is 0 Å². The van der Waals surface area contributed by atoms with Crippen molar-refractivity contribution in [3.8, 4) is 0 Å². The molecule has 0 aliphatic heterocycles. The monoisotopic (exact) mass is 258 g/mol. The van der Waals surface area contributed by atoms with Crippen molar-refractivity contribution in [2.45, 2.75) is 78.0 Å². The van der Waals surface area contributed by atoms with Crippen LogP contribution >= 0.6 is 0 Å². The van der Waals surface area contributed by atoms with E-state index in [4.69, 9.17) is 10.5 Å². The summed E-state index contributed by atoms with van der Waals surface area (Å²) >= 11 is 0. The smallest absolute Gasteiger partial charge is 0.237 e. The van der Waals surface area contributed by atoms with Gasteiger partial charge < -0.3 is 15.8 Å². The van der Waals surface area contributed by atoms with E-state index in [-0.39, 0.29) is 17.6 Å². The minimum Gasteiger partial charge on any atom is -0.376 e. The van der Waals surface area contributed by atoms with Crippen molar-refractivity contribution < 1.29 is 9.53 Å². The normalized spacial score (nSPS) is 15.7. The van der Waals surface area contributed by atoms with Crippen LogP contribution in [0.3, 0.4) is 0 Å². The van der Waals surface area contributed by atoms with Crippen molar-refractivity contribution in [2.24, 2.45) is 5.73 Å². The molecule has 0 aromatic carbocycles. The van der Waals surface area contributed by atoms with Crippen LogP contribution < -0.4 is 11.1 Å². The molecular weight excluding hydrogens is 228 g/mol. The number of carbonyl (C=O) groups is 1. The van der Waals surface area contributed by atoms with Crippen LogP contribution in [0.25, 0.3) is 0 Å². The van der Waals surface area contributed by atoms with Crippen molar-refractivity contribution in [3.63, 3.8) is 0 Å². The minimum absolute atomic E-state index is 0.0887. The van der Waals surface area contributed by atoms with Crippen molar-refractivity contribution in [1.29, 1.82) is 0 Å². The molecule has 18 heavy (non-hydrogen) atoms. The van der Waals surface area contributed by atoms with Gasteiger partial charge in [0, 0.05) is 12.6 Å². The lowest BCUT2D eigenvalue weighted by atomic mass is 9.94. The van der Waals surface area contributed by atoms with Crippen LogP contribution in [0.15, 0.2) is 0 Å². The van der Waals surface area contributed by atoms with E-state index >= 15 is 0 Å². The van der Waals surface area contributed by atoms with E-state index in [1.54, 1.807) is 0 Å². The minimum atomic E-state index is -0.645. The average Bonchev–Trinajstić information content (AvgIpc) is 2.23. The molecule has 1 amide bonds. The second-order valence-electron chi connectivity index (χ2n) is 6.06. The van der Waals surface area contributed by atoms with E-state index in [1.807, 2.05) is 20.8 Å². The number of carbonyl (C=O) groups excluding carboxylic acids is 1. The summed E-state index contributed by atoms with van der Waals surface area (Å²) in [5, 5.41) is 3.24. The fourth-order valence-electron chi connectivity index (χ4n) is 1.78. The molecule has 3 N–H and O–H groups in total. The molecule has 1 atom stereocenters. The van der Waals surface area contributed by atoms with Crippen LogP contribution in [-0.2, 0) is 9.53 Å². The Morgan fingerprint density at radius 3 is 2.28 bits per heavy atom. The highest BCUT2D eigenvalue weighted by atomic mass is 16.5. The Bertz CT molecular complexity index is 265. The summed E-state index contributed by atoms with van der Waals surface area (Å²) in [6, 6.07) is 0.232. The lowest BCUT2D eigenvalue weighted by Gasteiger charge is -2.30. The fourth-order valence-corrected chi connectivity index (χ4v) is 1.78. The number of primary amides is 1. The Morgan fingerprint density at radius 2 is 1.89 bits per heavy atom. The molecule has 4 nitrogen and oxygen atoms in total. The quantitative estimate of drug-likeness (QED) is 0.623. The number of amides is 1. The van der Waals surface area contributed by atoms with Gasteiger partial charge in [-0.3, -0.25) is 4.79 Å². The van der Waals surface area contributed by atoms with Crippen LogP contribution in [0.1, 0.15) is 60.8 Å². The van der Waals surface area contributed by atoms with Crippen LogP contribution in [0.4, 0.5) is 0 Å². The standard InChI is InChI=1S/C14H30N2O2/c1-7-13(4,5)18-10-8-9-14(6,12(15)17)16-11(2)3/h11,16H,7-10H2,1-6H3,(H2,15,17). The van der Waals surface area contributed by atoms with Gasteiger partial charge in [-0.15, -0.1) is 0 Å². The van der Waals surface area contributed by atoms with Crippen molar-refractivity contribution in [2.75, 3.05) is 6.61 Å². The molecule has 0 aromatic rings. The summed E-state index contributed by atoms with van der Waals surface area (Å²) < 4.78 is 5.78. The maximum absolute atomic E-state index is 11.5. The summed E-state index contributed by atoms with van der Waals surface area (Å²) in [5.41, 5.74) is 4.74. The van der Waals surface area contributed by atoms with Crippen molar-refractivity contribution in [3.05, 3.63) is 0 Å². The molecular formula is C14H30N2O2. The number of hydrogen-bond donors (Lipinski definition) is 2. The summed E-state index contributed by atoms with van der Waals surface area (Å²) in [4.78, 5) is 11.5. The van der Waals surface area contributed by atoms with Gasteiger partial charge in [0.1, 0.15) is 0 Å². The number of ether oxygens (including phenoxy) is 1. The van der Waals surface area contributed by atoms with E-state index in [0.29, 0.717) is 13.0 Å². The number of nitrogens with one attached hydrogen (secondary N) is 1. The van der Waals surface area contributed by atoms with Crippen LogP contribution in [0.2, 0.25) is 0 Å². The molecule has 0 rings (SSSR count). The molecule has 0 radical (unpaired) electrons. The van der Waals surface area contributed by atoms with Gasteiger partial charge in [-0.05, 0) is 53.9 Å². The van der Waals surface area contributed by atoms with Crippen molar-refractivity contribution in [1.82, 2.24) is 5.32 Å². The molecule has 0 aliphatic rings. The molecule has 0 heterocycles. The zero-order valence-corrected chi connectivity index (χ0v) is 12.8. The predicted molar refractivity (Wildman–Crippen MR) is 75.4 cm³/mol. The van der Waals surface area contributed by atoms with Gasteiger partial charge in [0.25, 0.3) is 0 Å². The van der Waals surface area contributed by atoms with Gasteiger partial charge in [0.2, 0.25) is 5.91 Å². The first-order chi connectivity index (χ1) is 8.13. The van der Waals surface area contributed by atoms with Gasteiger partial charge in [-0.2, -0.15) is 0 Å². The van der Waals surface area contributed by atoms with Crippen LogP contribution in [0.5, 0.6) is 0 Å². The van der Waals surface area contributed by atoms with Gasteiger partial charge in [0.15, 0.2) is 0 Å². The summed E-state index contributed by atoms with van der Waals surface area (Å²) in [7, 11) is 0.